The van der Waals surface area contributed by atoms with Gasteiger partial charge in [-0.15, -0.1) is 12.3 Å². The molecule has 1 rings (SSSR count). The highest BCUT2D eigenvalue weighted by Gasteiger charge is 2.23. The van der Waals surface area contributed by atoms with Gasteiger partial charge in [0.05, 0.1) is 0 Å². The Balaban J connectivity index is 2.29. The van der Waals surface area contributed by atoms with E-state index in [-0.39, 0.29) is 0 Å². The molecule has 0 bridgehead atoms. The molecule has 0 aromatic carbocycles. The standard InChI is InChI=1S/C12H21N/c1-3-4-8-12(13)11-7-5-6-10(2)9-11/h1,10-12H,4-9,13H2,2H3. The second kappa shape index (κ2) is 5.29. The van der Waals surface area contributed by atoms with E-state index in [1.54, 1.807) is 0 Å². The SMILES string of the molecule is C#CCCC(N)C1CCCC(C)C1. The Hall–Kier alpha value is -0.480. The van der Waals surface area contributed by atoms with Gasteiger partial charge < -0.3 is 5.73 Å². The van der Waals surface area contributed by atoms with Crippen molar-refractivity contribution in [2.24, 2.45) is 17.6 Å². The largest absolute Gasteiger partial charge is 0.327 e. The third kappa shape index (κ3) is 3.40. The van der Waals surface area contributed by atoms with Gasteiger partial charge in [-0.3, -0.25) is 0 Å². The zero-order valence-corrected chi connectivity index (χ0v) is 8.63. The van der Waals surface area contributed by atoms with Gasteiger partial charge in [-0.05, 0) is 31.1 Å². The maximum absolute atomic E-state index is 6.10. The molecular weight excluding hydrogens is 158 g/mol. The van der Waals surface area contributed by atoms with E-state index < -0.39 is 0 Å². The maximum Gasteiger partial charge on any atom is 0.0101 e. The minimum atomic E-state index is 0.346. The summed E-state index contributed by atoms with van der Waals surface area (Å²) >= 11 is 0. The molecular formula is C12H21N. The third-order valence-corrected chi connectivity index (χ3v) is 3.20. The van der Waals surface area contributed by atoms with E-state index in [4.69, 9.17) is 12.2 Å². The molecule has 0 heterocycles. The van der Waals surface area contributed by atoms with E-state index in [2.05, 4.69) is 12.8 Å². The molecule has 0 radical (unpaired) electrons. The highest BCUT2D eigenvalue weighted by Crippen LogP contribution is 2.31. The topological polar surface area (TPSA) is 26.0 Å². The van der Waals surface area contributed by atoms with Crippen molar-refractivity contribution in [3.8, 4) is 12.3 Å². The second-order valence-corrected chi connectivity index (χ2v) is 4.44. The lowest BCUT2D eigenvalue weighted by atomic mass is 9.78. The molecule has 2 N–H and O–H groups in total. The molecule has 0 aromatic rings. The van der Waals surface area contributed by atoms with Crippen molar-refractivity contribution in [2.45, 2.75) is 51.5 Å². The van der Waals surface area contributed by atoms with Gasteiger partial charge in [0.15, 0.2) is 0 Å². The van der Waals surface area contributed by atoms with Crippen LogP contribution in [0.15, 0.2) is 0 Å². The highest BCUT2D eigenvalue weighted by molar-refractivity contribution is 4.87. The summed E-state index contributed by atoms with van der Waals surface area (Å²) in [4.78, 5) is 0. The molecule has 0 spiro atoms. The Morgan fingerprint density at radius 2 is 2.31 bits per heavy atom. The van der Waals surface area contributed by atoms with Crippen LogP contribution in [0.3, 0.4) is 0 Å². The molecule has 13 heavy (non-hydrogen) atoms. The van der Waals surface area contributed by atoms with Crippen LogP contribution < -0.4 is 5.73 Å². The van der Waals surface area contributed by atoms with Gasteiger partial charge in [0.1, 0.15) is 0 Å². The molecule has 1 fully saturated rings. The summed E-state index contributed by atoms with van der Waals surface area (Å²) < 4.78 is 0. The first-order valence-corrected chi connectivity index (χ1v) is 5.43. The predicted molar refractivity (Wildman–Crippen MR) is 57.2 cm³/mol. The second-order valence-electron chi connectivity index (χ2n) is 4.44. The maximum atomic E-state index is 6.10. The van der Waals surface area contributed by atoms with Gasteiger partial charge in [0.2, 0.25) is 0 Å². The van der Waals surface area contributed by atoms with Crippen LogP contribution in [0.1, 0.15) is 45.4 Å². The fourth-order valence-corrected chi connectivity index (χ4v) is 2.36. The summed E-state index contributed by atoms with van der Waals surface area (Å²) in [5, 5.41) is 0. The van der Waals surface area contributed by atoms with Crippen LogP contribution >= 0.6 is 0 Å². The monoisotopic (exact) mass is 179 g/mol. The average Bonchev–Trinajstić information content (AvgIpc) is 2.14. The van der Waals surface area contributed by atoms with Crippen molar-refractivity contribution in [1.82, 2.24) is 0 Å². The van der Waals surface area contributed by atoms with Crippen molar-refractivity contribution in [1.29, 1.82) is 0 Å². The average molecular weight is 179 g/mol. The van der Waals surface area contributed by atoms with Crippen molar-refractivity contribution in [2.75, 3.05) is 0 Å². The molecule has 1 nitrogen and oxygen atoms in total. The van der Waals surface area contributed by atoms with Crippen molar-refractivity contribution in [3.05, 3.63) is 0 Å². The molecule has 0 amide bonds. The normalized spacial score (nSPS) is 30.8. The molecule has 1 aliphatic carbocycles. The lowest BCUT2D eigenvalue weighted by Gasteiger charge is -2.30. The molecule has 0 saturated heterocycles. The summed E-state index contributed by atoms with van der Waals surface area (Å²) in [7, 11) is 0. The van der Waals surface area contributed by atoms with Gasteiger partial charge in [-0.25, -0.2) is 0 Å². The number of hydrogen-bond acceptors (Lipinski definition) is 1. The van der Waals surface area contributed by atoms with Crippen LogP contribution in [0.25, 0.3) is 0 Å². The molecule has 1 aliphatic rings. The molecule has 3 unspecified atom stereocenters. The minimum absolute atomic E-state index is 0.346. The van der Waals surface area contributed by atoms with E-state index in [9.17, 15) is 0 Å². The first-order chi connectivity index (χ1) is 6.24. The van der Waals surface area contributed by atoms with Gasteiger partial charge in [0, 0.05) is 12.5 Å². The van der Waals surface area contributed by atoms with E-state index in [0.29, 0.717) is 6.04 Å². The molecule has 0 aliphatic heterocycles. The van der Waals surface area contributed by atoms with E-state index in [1.807, 2.05) is 0 Å². The van der Waals surface area contributed by atoms with E-state index in [1.165, 1.54) is 25.7 Å². The lowest BCUT2D eigenvalue weighted by Crippen LogP contribution is -2.33. The van der Waals surface area contributed by atoms with E-state index in [0.717, 1.165) is 24.7 Å². The Morgan fingerprint density at radius 1 is 1.54 bits per heavy atom. The van der Waals surface area contributed by atoms with Crippen LogP contribution in [0, 0.1) is 24.2 Å². The zero-order chi connectivity index (χ0) is 9.68. The van der Waals surface area contributed by atoms with Crippen LogP contribution in [0.4, 0.5) is 0 Å². The quantitative estimate of drug-likeness (QED) is 0.662. The van der Waals surface area contributed by atoms with Gasteiger partial charge in [-0.1, -0.05) is 19.8 Å². The Bertz CT molecular complexity index is 180. The Labute approximate surface area is 82.1 Å². The van der Waals surface area contributed by atoms with Crippen molar-refractivity contribution < 1.29 is 0 Å². The summed E-state index contributed by atoms with van der Waals surface area (Å²) in [5.41, 5.74) is 6.10. The summed E-state index contributed by atoms with van der Waals surface area (Å²) in [6, 6.07) is 0.346. The molecule has 1 saturated carbocycles. The number of rotatable bonds is 3. The molecule has 3 atom stereocenters. The van der Waals surface area contributed by atoms with Crippen LogP contribution in [-0.4, -0.2) is 6.04 Å². The van der Waals surface area contributed by atoms with Crippen molar-refractivity contribution in [3.63, 3.8) is 0 Å². The lowest BCUT2D eigenvalue weighted by molar-refractivity contribution is 0.241. The van der Waals surface area contributed by atoms with E-state index >= 15 is 0 Å². The smallest absolute Gasteiger partial charge is 0.0101 e. The minimum Gasteiger partial charge on any atom is -0.327 e. The van der Waals surface area contributed by atoms with Gasteiger partial charge >= 0.3 is 0 Å². The summed E-state index contributed by atoms with van der Waals surface area (Å²) in [6.45, 7) is 2.33. The zero-order valence-electron chi connectivity index (χ0n) is 8.63. The fraction of sp³-hybridized carbons (Fsp3) is 0.833. The summed E-state index contributed by atoms with van der Waals surface area (Å²) in [5.74, 6) is 4.27. The number of nitrogens with two attached hydrogens (primary N) is 1. The molecule has 1 heteroatoms. The van der Waals surface area contributed by atoms with Gasteiger partial charge in [-0.2, -0.15) is 0 Å². The summed E-state index contributed by atoms with van der Waals surface area (Å²) in [6.07, 6.45) is 12.4. The van der Waals surface area contributed by atoms with Crippen molar-refractivity contribution >= 4 is 0 Å². The Kier molecular flexibility index (Phi) is 4.32. The highest BCUT2D eigenvalue weighted by atomic mass is 14.6. The first kappa shape index (κ1) is 10.6. The fourth-order valence-electron chi connectivity index (χ4n) is 2.36. The van der Waals surface area contributed by atoms with Crippen LogP contribution in [0.2, 0.25) is 0 Å². The molecule has 74 valence electrons. The number of terminal acetylenes is 1. The Morgan fingerprint density at radius 3 is 2.92 bits per heavy atom. The molecule has 0 aromatic heterocycles. The number of hydrogen-bond donors (Lipinski definition) is 1. The first-order valence-electron chi connectivity index (χ1n) is 5.43. The van der Waals surface area contributed by atoms with Gasteiger partial charge in [0.25, 0.3) is 0 Å². The predicted octanol–water partition coefficient (Wildman–Crippen LogP) is 2.55. The van der Waals surface area contributed by atoms with Crippen LogP contribution in [-0.2, 0) is 0 Å². The van der Waals surface area contributed by atoms with Crippen LogP contribution in [0.5, 0.6) is 0 Å². The third-order valence-electron chi connectivity index (χ3n) is 3.20.